The van der Waals surface area contributed by atoms with Crippen molar-refractivity contribution in [3.05, 3.63) is 28.2 Å². The van der Waals surface area contributed by atoms with Gasteiger partial charge in [0.15, 0.2) is 0 Å². The molecule has 0 heterocycles. The molecule has 6 heteroatoms. The maximum atomic E-state index is 11.7. The molecule has 0 atom stereocenters. The Kier molecular flexibility index (Phi) is 5.20. The highest BCUT2D eigenvalue weighted by Gasteiger charge is 2.17. The maximum absolute atomic E-state index is 11.7. The Morgan fingerprint density at radius 1 is 1.16 bits per heavy atom. The molecule has 0 saturated heterocycles. The van der Waals surface area contributed by atoms with Crippen molar-refractivity contribution in [2.45, 2.75) is 32.7 Å². The molecule has 0 bridgehead atoms. The Hall–Kier alpha value is -1.26. The first kappa shape index (κ1) is 15.8. The van der Waals surface area contributed by atoms with Crippen LogP contribution in [0.1, 0.15) is 27.2 Å². The molecule has 0 aliphatic heterocycles. The predicted octanol–water partition coefficient (Wildman–Crippen LogP) is 3.24. The van der Waals surface area contributed by atoms with Crippen LogP contribution >= 0.6 is 23.2 Å². The van der Waals surface area contributed by atoms with Gasteiger partial charge >= 0.3 is 0 Å². The summed E-state index contributed by atoms with van der Waals surface area (Å²) >= 11 is 11.8. The molecule has 0 aliphatic rings. The van der Waals surface area contributed by atoms with E-state index in [2.05, 4.69) is 10.6 Å². The SMILES string of the molecule is CC(C)(C)NC(=O)CC(=O)Nc1cccc(Cl)c1Cl. The number of rotatable bonds is 3. The van der Waals surface area contributed by atoms with Gasteiger partial charge in [-0.15, -0.1) is 0 Å². The van der Waals surface area contributed by atoms with Crippen molar-refractivity contribution in [2.75, 3.05) is 5.32 Å². The van der Waals surface area contributed by atoms with E-state index in [1.54, 1.807) is 18.2 Å². The van der Waals surface area contributed by atoms with Crippen LogP contribution in [0.15, 0.2) is 18.2 Å². The number of hydrogen-bond acceptors (Lipinski definition) is 2. The summed E-state index contributed by atoms with van der Waals surface area (Å²) in [5, 5.41) is 5.86. The van der Waals surface area contributed by atoms with Crippen LogP contribution in [0.3, 0.4) is 0 Å². The molecule has 2 amide bonds. The van der Waals surface area contributed by atoms with Crippen molar-refractivity contribution in [3.8, 4) is 0 Å². The Morgan fingerprint density at radius 3 is 2.37 bits per heavy atom. The van der Waals surface area contributed by atoms with Crippen molar-refractivity contribution in [2.24, 2.45) is 0 Å². The molecule has 1 aromatic carbocycles. The number of carbonyl (C=O) groups is 2. The van der Waals surface area contributed by atoms with E-state index in [0.29, 0.717) is 10.7 Å². The van der Waals surface area contributed by atoms with Crippen LogP contribution in [-0.4, -0.2) is 17.4 Å². The van der Waals surface area contributed by atoms with E-state index in [1.165, 1.54) is 0 Å². The summed E-state index contributed by atoms with van der Waals surface area (Å²) in [6.45, 7) is 5.53. The molecule has 19 heavy (non-hydrogen) atoms. The molecule has 0 spiro atoms. The highest BCUT2D eigenvalue weighted by atomic mass is 35.5. The second-order valence-corrected chi connectivity index (χ2v) is 5.91. The Morgan fingerprint density at radius 2 is 1.79 bits per heavy atom. The summed E-state index contributed by atoms with van der Waals surface area (Å²) in [4.78, 5) is 23.3. The van der Waals surface area contributed by atoms with E-state index in [1.807, 2.05) is 20.8 Å². The van der Waals surface area contributed by atoms with E-state index in [9.17, 15) is 9.59 Å². The van der Waals surface area contributed by atoms with Crippen molar-refractivity contribution in [3.63, 3.8) is 0 Å². The normalized spacial score (nSPS) is 11.0. The number of carbonyl (C=O) groups excluding carboxylic acids is 2. The van der Waals surface area contributed by atoms with Crippen molar-refractivity contribution >= 4 is 40.7 Å². The van der Waals surface area contributed by atoms with E-state index < -0.39 is 5.91 Å². The van der Waals surface area contributed by atoms with E-state index in [4.69, 9.17) is 23.2 Å². The average molecular weight is 303 g/mol. The summed E-state index contributed by atoms with van der Waals surface area (Å²) < 4.78 is 0. The molecule has 104 valence electrons. The smallest absolute Gasteiger partial charge is 0.233 e. The summed E-state index contributed by atoms with van der Waals surface area (Å²) in [5.74, 6) is -0.783. The molecule has 4 nitrogen and oxygen atoms in total. The lowest BCUT2D eigenvalue weighted by Crippen LogP contribution is -2.41. The molecule has 0 saturated carbocycles. The number of anilines is 1. The van der Waals surface area contributed by atoms with Crippen LogP contribution in [0.5, 0.6) is 0 Å². The van der Waals surface area contributed by atoms with Gasteiger partial charge in [-0.3, -0.25) is 9.59 Å². The largest absolute Gasteiger partial charge is 0.351 e. The van der Waals surface area contributed by atoms with Gasteiger partial charge in [0.25, 0.3) is 0 Å². The van der Waals surface area contributed by atoms with Crippen LogP contribution in [0.4, 0.5) is 5.69 Å². The predicted molar refractivity (Wildman–Crippen MR) is 77.6 cm³/mol. The molecule has 0 fully saturated rings. The Balaban J connectivity index is 2.61. The number of halogens is 2. The van der Waals surface area contributed by atoms with Gasteiger partial charge < -0.3 is 10.6 Å². The number of nitrogens with one attached hydrogen (secondary N) is 2. The molecule has 1 rings (SSSR count). The van der Waals surface area contributed by atoms with E-state index >= 15 is 0 Å². The fourth-order valence-electron chi connectivity index (χ4n) is 1.40. The molecule has 1 aromatic rings. The van der Waals surface area contributed by atoms with Gasteiger partial charge in [-0.2, -0.15) is 0 Å². The molecule has 0 unspecified atom stereocenters. The van der Waals surface area contributed by atoms with Crippen LogP contribution in [0.25, 0.3) is 0 Å². The van der Waals surface area contributed by atoms with Gasteiger partial charge in [-0.05, 0) is 32.9 Å². The molecule has 0 radical (unpaired) electrons. The Bertz CT molecular complexity index is 496. The first-order valence-electron chi connectivity index (χ1n) is 5.74. The third-order valence-electron chi connectivity index (χ3n) is 2.06. The fourth-order valence-corrected chi connectivity index (χ4v) is 1.75. The molecular weight excluding hydrogens is 287 g/mol. The standard InChI is InChI=1S/C13H16Cl2N2O2/c1-13(2,3)17-11(19)7-10(18)16-9-6-4-5-8(14)12(9)15/h4-6H,7H2,1-3H3,(H,16,18)(H,17,19). The number of benzene rings is 1. The van der Waals surface area contributed by atoms with Gasteiger partial charge in [-0.1, -0.05) is 29.3 Å². The van der Waals surface area contributed by atoms with Crippen LogP contribution in [0, 0.1) is 0 Å². The minimum absolute atomic E-state index is 0.258. The van der Waals surface area contributed by atoms with Crippen molar-refractivity contribution < 1.29 is 9.59 Å². The summed E-state index contributed by atoms with van der Waals surface area (Å²) in [5.41, 5.74) is 0.0214. The van der Waals surface area contributed by atoms with Crippen molar-refractivity contribution in [1.82, 2.24) is 5.32 Å². The van der Waals surface area contributed by atoms with Crippen LogP contribution in [0.2, 0.25) is 10.0 Å². The molecule has 0 aromatic heterocycles. The topological polar surface area (TPSA) is 58.2 Å². The van der Waals surface area contributed by atoms with Gasteiger partial charge in [-0.25, -0.2) is 0 Å². The monoisotopic (exact) mass is 302 g/mol. The lowest BCUT2D eigenvalue weighted by Gasteiger charge is -2.20. The maximum Gasteiger partial charge on any atom is 0.233 e. The zero-order chi connectivity index (χ0) is 14.6. The average Bonchev–Trinajstić information content (AvgIpc) is 2.21. The molecule has 0 aliphatic carbocycles. The second kappa shape index (κ2) is 6.26. The summed E-state index contributed by atoms with van der Waals surface area (Å²) in [6.07, 6.45) is -0.264. The first-order chi connectivity index (χ1) is 8.69. The van der Waals surface area contributed by atoms with Gasteiger partial charge in [0, 0.05) is 5.54 Å². The first-order valence-corrected chi connectivity index (χ1v) is 6.49. The third kappa shape index (κ3) is 5.49. The third-order valence-corrected chi connectivity index (χ3v) is 2.88. The quantitative estimate of drug-likeness (QED) is 0.842. The number of amides is 2. The highest BCUT2D eigenvalue weighted by molar-refractivity contribution is 6.44. The van der Waals surface area contributed by atoms with Gasteiger partial charge in [0.05, 0.1) is 15.7 Å². The van der Waals surface area contributed by atoms with Crippen LogP contribution in [-0.2, 0) is 9.59 Å². The fraction of sp³-hybridized carbons (Fsp3) is 0.385. The zero-order valence-corrected chi connectivity index (χ0v) is 12.5. The summed E-state index contributed by atoms with van der Waals surface area (Å²) in [6, 6.07) is 4.90. The lowest BCUT2D eigenvalue weighted by molar-refractivity contribution is -0.127. The van der Waals surface area contributed by atoms with Crippen molar-refractivity contribution in [1.29, 1.82) is 0 Å². The van der Waals surface area contributed by atoms with Crippen LogP contribution < -0.4 is 10.6 Å². The minimum Gasteiger partial charge on any atom is -0.351 e. The lowest BCUT2D eigenvalue weighted by atomic mass is 10.1. The minimum atomic E-state index is -0.439. The van der Waals surface area contributed by atoms with Gasteiger partial charge in [0.2, 0.25) is 11.8 Å². The molecular formula is C13H16Cl2N2O2. The summed E-state index contributed by atoms with van der Waals surface area (Å²) in [7, 11) is 0. The zero-order valence-electron chi connectivity index (χ0n) is 11.0. The van der Waals surface area contributed by atoms with E-state index in [0.717, 1.165) is 0 Å². The molecule has 2 N–H and O–H groups in total. The second-order valence-electron chi connectivity index (χ2n) is 5.12. The highest BCUT2D eigenvalue weighted by Crippen LogP contribution is 2.29. The Labute approximate surface area is 122 Å². The van der Waals surface area contributed by atoms with E-state index in [-0.39, 0.29) is 22.9 Å². The number of hydrogen-bond donors (Lipinski definition) is 2. The van der Waals surface area contributed by atoms with Gasteiger partial charge in [0.1, 0.15) is 6.42 Å².